The fraction of sp³-hybridized carbons (Fsp3) is 0.100. The largest absolute Gasteiger partial charge is 0.135 e. The van der Waals surface area contributed by atoms with E-state index in [2.05, 4.69) is 74.5 Å². The molecule has 0 N–H and O–H groups in total. The van der Waals surface area contributed by atoms with Crippen LogP contribution in [0.4, 0.5) is 0 Å². The van der Waals surface area contributed by atoms with Crippen LogP contribution in [0.2, 0.25) is 0 Å². The van der Waals surface area contributed by atoms with Gasteiger partial charge in [0.2, 0.25) is 0 Å². The van der Waals surface area contributed by atoms with E-state index in [1.54, 1.807) is 0 Å². The van der Waals surface area contributed by atoms with Gasteiger partial charge in [-0.15, -0.1) is 11.3 Å². The van der Waals surface area contributed by atoms with Crippen LogP contribution in [0, 0.1) is 13.8 Å². The van der Waals surface area contributed by atoms with Gasteiger partial charge in [-0.2, -0.15) is 0 Å². The molecule has 1 heteroatoms. The first-order chi connectivity index (χ1) is 10.2. The lowest BCUT2D eigenvalue weighted by atomic mass is 10.00. The van der Waals surface area contributed by atoms with E-state index in [1.807, 2.05) is 11.3 Å². The molecule has 0 atom stereocenters. The summed E-state index contributed by atoms with van der Waals surface area (Å²) in [5.74, 6) is 0. The van der Waals surface area contributed by atoms with E-state index in [0.717, 1.165) is 0 Å². The summed E-state index contributed by atoms with van der Waals surface area (Å²) < 4.78 is 2.73. The lowest BCUT2D eigenvalue weighted by Gasteiger charge is -2.05. The highest BCUT2D eigenvalue weighted by atomic mass is 32.1. The highest BCUT2D eigenvalue weighted by molar-refractivity contribution is 7.25. The average Bonchev–Trinajstić information content (AvgIpc) is 2.83. The van der Waals surface area contributed by atoms with Crippen LogP contribution in [-0.2, 0) is 0 Å². The monoisotopic (exact) mass is 288 g/mol. The maximum absolute atomic E-state index is 2.33. The highest BCUT2D eigenvalue weighted by Gasteiger charge is 2.06. The highest BCUT2D eigenvalue weighted by Crippen LogP contribution is 2.36. The summed E-state index contributed by atoms with van der Waals surface area (Å²) in [7, 11) is 0. The number of hydrogen-bond donors (Lipinski definition) is 0. The van der Waals surface area contributed by atoms with Crippen LogP contribution in [0.3, 0.4) is 0 Å². The Kier molecular flexibility index (Phi) is 2.83. The van der Waals surface area contributed by atoms with Gasteiger partial charge >= 0.3 is 0 Å². The number of hydrogen-bond acceptors (Lipinski definition) is 1. The van der Waals surface area contributed by atoms with E-state index in [0.29, 0.717) is 0 Å². The Morgan fingerprint density at radius 3 is 2.14 bits per heavy atom. The van der Waals surface area contributed by atoms with Crippen molar-refractivity contribution in [3.05, 3.63) is 71.8 Å². The predicted molar refractivity (Wildman–Crippen MR) is 94.2 cm³/mol. The van der Waals surface area contributed by atoms with Crippen LogP contribution in [0.15, 0.2) is 60.7 Å². The van der Waals surface area contributed by atoms with E-state index in [4.69, 9.17) is 0 Å². The van der Waals surface area contributed by atoms with Gasteiger partial charge in [-0.3, -0.25) is 0 Å². The molecule has 4 aromatic rings. The van der Waals surface area contributed by atoms with Gasteiger partial charge in [0.05, 0.1) is 0 Å². The number of benzene rings is 3. The zero-order chi connectivity index (χ0) is 14.4. The number of aryl methyl sites for hydroxylation is 2. The van der Waals surface area contributed by atoms with Gasteiger partial charge in [-0.05, 0) is 37.1 Å². The first-order valence-corrected chi connectivity index (χ1v) is 8.02. The molecule has 0 amide bonds. The van der Waals surface area contributed by atoms with E-state index < -0.39 is 0 Å². The molecule has 0 unspecified atom stereocenters. The topological polar surface area (TPSA) is 0 Å². The number of rotatable bonds is 1. The standard InChI is InChI=1S/C20H16S/c1-13-9-14(2)11-16(10-13)15-7-8-18-17-5-3-4-6-19(17)21-20(18)12-15/h3-12H,1-2H3. The zero-order valence-electron chi connectivity index (χ0n) is 12.2. The third-order valence-corrected chi connectivity index (χ3v) is 5.07. The SMILES string of the molecule is Cc1cc(C)cc(-c2ccc3c(c2)sc2ccccc23)c1. The first-order valence-electron chi connectivity index (χ1n) is 7.21. The van der Waals surface area contributed by atoms with Crippen molar-refractivity contribution < 1.29 is 0 Å². The summed E-state index contributed by atoms with van der Waals surface area (Å²) in [6.07, 6.45) is 0. The van der Waals surface area contributed by atoms with E-state index in [-0.39, 0.29) is 0 Å². The molecule has 0 aliphatic carbocycles. The van der Waals surface area contributed by atoms with Crippen molar-refractivity contribution in [1.29, 1.82) is 0 Å². The molecule has 0 aliphatic heterocycles. The molecule has 0 aliphatic rings. The Balaban J connectivity index is 1.96. The van der Waals surface area contributed by atoms with Gasteiger partial charge in [0.25, 0.3) is 0 Å². The molecule has 0 radical (unpaired) electrons. The van der Waals surface area contributed by atoms with Crippen molar-refractivity contribution >= 4 is 31.5 Å². The maximum atomic E-state index is 2.33. The summed E-state index contributed by atoms with van der Waals surface area (Å²) >= 11 is 1.88. The molecule has 0 fully saturated rings. The summed E-state index contributed by atoms with van der Waals surface area (Å²) in [6.45, 7) is 4.32. The minimum Gasteiger partial charge on any atom is -0.135 e. The molecule has 1 heterocycles. The molecule has 0 bridgehead atoms. The molecule has 3 aromatic carbocycles. The second kappa shape index (κ2) is 4.71. The minimum atomic E-state index is 1.31. The molecule has 0 saturated heterocycles. The van der Waals surface area contributed by atoms with Crippen molar-refractivity contribution in [3.63, 3.8) is 0 Å². The molecule has 0 nitrogen and oxygen atoms in total. The van der Waals surface area contributed by atoms with E-state index in [9.17, 15) is 0 Å². The molecule has 4 rings (SSSR count). The molecule has 0 saturated carbocycles. The van der Waals surface area contributed by atoms with Crippen LogP contribution in [0.5, 0.6) is 0 Å². The van der Waals surface area contributed by atoms with Gasteiger partial charge in [-0.1, -0.05) is 59.7 Å². The van der Waals surface area contributed by atoms with Crippen LogP contribution < -0.4 is 0 Å². The predicted octanol–water partition coefficient (Wildman–Crippen LogP) is 6.34. The zero-order valence-corrected chi connectivity index (χ0v) is 13.0. The Bertz CT molecular complexity index is 940. The van der Waals surface area contributed by atoms with Gasteiger partial charge in [0, 0.05) is 20.2 Å². The van der Waals surface area contributed by atoms with Crippen molar-refractivity contribution in [2.75, 3.05) is 0 Å². The Morgan fingerprint density at radius 1 is 0.619 bits per heavy atom. The Morgan fingerprint density at radius 2 is 1.33 bits per heavy atom. The average molecular weight is 288 g/mol. The van der Waals surface area contributed by atoms with Crippen molar-refractivity contribution in [1.82, 2.24) is 0 Å². The molecular formula is C20H16S. The van der Waals surface area contributed by atoms with Gasteiger partial charge in [0.15, 0.2) is 0 Å². The fourth-order valence-corrected chi connectivity index (χ4v) is 4.19. The second-order valence-electron chi connectivity index (χ2n) is 5.69. The molecule has 0 spiro atoms. The third kappa shape index (κ3) is 2.14. The van der Waals surface area contributed by atoms with Crippen molar-refractivity contribution in [2.45, 2.75) is 13.8 Å². The first kappa shape index (κ1) is 12.6. The smallest absolute Gasteiger partial charge is 0.0361 e. The summed E-state index contributed by atoms with van der Waals surface area (Å²) in [5, 5.41) is 2.73. The van der Waals surface area contributed by atoms with Crippen molar-refractivity contribution in [3.8, 4) is 11.1 Å². The quantitative estimate of drug-likeness (QED) is 0.383. The fourth-order valence-electron chi connectivity index (χ4n) is 3.05. The summed E-state index contributed by atoms with van der Waals surface area (Å²) in [6, 6.07) is 22.2. The number of fused-ring (bicyclic) bond motifs is 3. The molecule has 102 valence electrons. The van der Waals surface area contributed by atoms with Crippen molar-refractivity contribution in [2.24, 2.45) is 0 Å². The minimum absolute atomic E-state index is 1.31. The van der Waals surface area contributed by atoms with Crippen LogP contribution in [-0.4, -0.2) is 0 Å². The second-order valence-corrected chi connectivity index (χ2v) is 6.77. The molecular weight excluding hydrogens is 272 g/mol. The van der Waals surface area contributed by atoms with Crippen LogP contribution >= 0.6 is 11.3 Å². The van der Waals surface area contributed by atoms with Gasteiger partial charge in [0.1, 0.15) is 0 Å². The summed E-state index contributed by atoms with van der Waals surface area (Å²) in [5.41, 5.74) is 5.26. The third-order valence-electron chi connectivity index (χ3n) is 3.93. The van der Waals surface area contributed by atoms with Gasteiger partial charge < -0.3 is 0 Å². The maximum Gasteiger partial charge on any atom is 0.0361 e. The Hall–Kier alpha value is -2.12. The van der Waals surface area contributed by atoms with Crippen LogP contribution in [0.25, 0.3) is 31.3 Å². The van der Waals surface area contributed by atoms with Crippen LogP contribution in [0.1, 0.15) is 11.1 Å². The lowest BCUT2D eigenvalue weighted by molar-refractivity contribution is 1.38. The lowest BCUT2D eigenvalue weighted by Crippen LogP contribution is -1.82. The van der Waals surface area contributed by atoms with E-state index >= 15 is 0 Å². The number of thiophene rings is 1. The summed E-state index contributed by atoms with van der Waals surface area (Å²) in [4.78, 5) is 0. The van der Waals surface area contributed by atoms with Gasteiger partial charge in [-0.25, -0.2) is 0 Å². The normalized spacial score (nSPS) is 11.3. The Labute approximate surface area is 128 Å². The molecule has 1 aromatic heterocycles. The van der Waals surface area contributed by atoms with E-state index in [1.165, 1.54) is 42.4 Å². The molecule has 21 heavy (non-hydrogen) atoms.